The first-order valence-electron chi connectivity index (χ1n) is 11.5. The van der Waals surface area contributed by atoms with Gasteiger partial charge < -0.3 is 15.2 Å². The van der Waals surface area contributed by atoms with Crippen LogP contribution in [0.5, 0.6) is 5.75 Å². The van der Waals surface area contributed by atoms with E-state index in [4.69, 9.17) is 16.3 Å². The molecule has 4 rings (SSSR count). The number of carbonyl (C=O) groups excluding carboxylic acids is 1. The van der Waals surface area contributed by atoms with Gasteiger partial charge in [-0.3, -0.25) is 4.79 Å². The van der Waals surface area contributed by atoms with Crippen LogP contribution in [0.15, 0.2) is 71.6 Å². The first-order chi connectivity index (χ1) is 16.9. The maximum absolute atomic E-state index is 13.2. The number of hydrogen-bond acceptors (Lipinski definition) is 5. The Balaban J connectivity index is 1.56. The van der Waals surface area contributed by atoms with Gasteiger partial charge in [0.1, 0.15) is 17.5 Å². The number of halogens is 1. The summed E-state index contributed by atoms with van der Waals surface area (Å²) in [5.41, 5.74) is 1.82. The van der Waals surface area contributed by atoms with Gasteiger partial charge in [0.2, 0.25) is 15.9 Å². The Morgan fingerprint density at radius 2 is 1.75 bits per heavy atom. The highest BCUT2D eigenvalue weighted by Gasteiger charge is 2.44. The van der Waals surface area contributed by atoms with E-state index in [1.54, 1.807) is 56.3 Å². The molecule has 2 unspecified atom stereocenters. The van der Waals surface area contributed by atoms with Crippen molar-refractivity contribution in [2.45, 2.75) is 56.4 Å². The third-order valence-corrected chi connectivity index (χ3v) is 7.85. The van der Waals surface area contributed by atoms with Crippen molar-refractivity contribution >= 4 is 27.5 Å². The van der Waals surface area contributed by atoms with E-state index < -0.39 is 27.8 Å². The third-order valence-electron chi connectivity index (χ3n) is 6.16. The number of nitrogens with one attached hydrogen (secondary N) is 2. The molecule has 3 N–H and O–H groups in total. The molecule has 2 atom stereocenters. The van der Waals surface area contributed by atoms with Crippen molar-refractivity contribution in [3.63, 3.8) is 0 Å². The van der Waals surface area contributed by atoms with E-state index in [-0.39, 0.29) is 17.2 Å². The van der Waals surface area contributed by atoms with E-state index in [9.17, 15) is 18.3 Å². The van der Waals surface area contributed by atoms with Crippen LogP contribution in [-0.2, 0) is 27.8 Å². The predicted octanol–water partition coefficient (Wildman–Crippen LogP) is 4.06. The molecule has 1 amide bonds. The van der Waals surface area contributed by atoms with Gasteiger partial charge in [0.05, 0.1) is 17.4 Å². The van der Waals surface area contributed by atoms with Crippen LogP contribution in [0.25, 0.3) is 0 Å². The number of fused-ring (bicyclic) bond motifs is 1. The molecule has 1 aliphatic rings. The zero-order valence-electron chi connectivity index (χ0n) is 20.3. The van der Waals surface area contributed by atoms with E-state index in [1.807, 2.05) is 25.1 Å². The minimum atomic E-state index is -3.94. The molecule has 0 saturated carbocycles. The lowest BCUT2D eigenvalue weighted by Gasteiger charge is -2.42. The smallest absolute Gasteiger partial charge is 0.241 e. The van der Waals surface area contributed by atoms with Crippen molar-refractivity contribution in [1.29, 1.82) is 0 Å². The fourth-order valence-corrected chi connectivity index (χ4v) is 5.61. The molecule has 9 heteroatoms. The molecule has 1 heterocycles. The lowest BCUT2D eigenvalue weighted by Crippen LogP contribution is -2.53. The van der Waals surface area contributed by atoms with Gasteiger partial charge in [0.15, 0.2) is 0 Å². The Kier molecular flexibility index (Phi) is 7.43. The Bertz CT molecular complexity index is 1370. The van der Waals surface area contributed by atoms with Gasteiger partial charge >= 0.3 is 0 Å². The number of aliphatic hydroxyl groups excluding tert-OH is 1. The standard InChI is InChI=1S/C27H29ClN2O5S/c1-17-5-4-6-21(13-17)36(33,34)30-25-22-14-19(9-12-23(22)35-27(2,3)26(25)32)15-24(31)29-16-18-7-10-20(28)11-8-18/h4-14,25-26,30,32H,15-16H2,1-3H3,(H,29,31). The summed E-state index contributed by atoms with van der Waals surface area (Å²) in [4.78, 5) is 12.7. The normalized spacial score (nSPS) is 18.7. The Morgan fingerprint density at radius 3 is 2.44 bits per heavy atom. The molecule has 7 nitrogen and oxygen atoms in total. The van der Waals surface area contributed by atoms with Crippen LogP contribution >= 0.6 is 11.6 Å². The van der Waals surface area contributed by atoms with Gasteiger partial charge in [-0.1, -0.05) is 41.9 Å². The molecule has 3 aromatic rings. The lowest BCUT2D eigenvalue weighted by molar-refractivity contribution is -0.120. The van der Waals surface area contributed by atoms with E-state index in [0.29, 0.717) is 28.4 Å². The fourth-order valence-electron chi connectivity index (χ4n) is 4.16. The second-order valence-corrected chi connectivity index (χ2v) is 11.7. The molecule has 0 saturated heterocycles. The average Bonchev–Trinajstić information content (AvgIpc) is 2.82. The summed E-state index contributed by atoms with van der Waals surface area (Å²) in [5.74, 6) is 0.256. The topological polar surface area (TPSA) is 105 Å². The van der Waals surface area contributed by atoms with Crippen LogP contribution in [0, 0.1) is 6.92 Å². The molecule has 0 aliphatic carbocycles. The molecular formula is C27H29ClN2O5S. The van der Waals surface area contributed by atoms with E-state index in [2.05, 4.69) is 10.0 Å². The van der Waals surface area contributed by atoms with Crippen molar-refractivity contribution in [3.05, 3.63) is 94.0 Å². The zero-order chi connectivity index (χ0) is 26.1. The minimum Gasteiger partial charge on any atom is -0.485 e. The Morgan fingerprint density at radius 1 is 1.06 bits per heavy atom. The maximum Gasteiger partial charge on any atom is 0.241 e. The van der Waals surface area contributed by atoms with Crippen molar-refractivity contribution in [2.24, 2.45) is 0 Å². The van der Waals surface area contributed by atoms with E-state index >= 15 is 0 Å². The van der Waals surface area contributed by atoms with Gasteiger partial charge in [-0.2, -0.15) is 0 Å². The zero-order valence-corrected chi connectivity index (χ0v) is 21.9. The summed E-state index contributed by atoms with van der Waals surface area (Å²) in [6.45, 7) is 5.57. The Hall–Kier alpha value is -2.91. The molecule has 0 bridgehead atoms. The van der Waals surface area contributed by atoms with Crippen LogP contribution in [0.3, 0.4) is 0 Å². The molecule has 0 radical (unpaired) electrons. The number of aryl methyl sites for hydroxylation is 1. The predicted molar refractivity (Wildman–Crippen MR) is 138 cm³/mol. The number of carbonyl (C=O) groups is 1. The summed E-state index contributed by atoms with van der Waals surface area (Å²) in [6, 6.07) is 18.0. The Labute approximate surface area is 216 Å². The molecular weight excluding hydrogens is 500 g/mol. The van der Waals surface area contributed by atoms with E-state index in [1.165, 1.54) is 6.07 Å². The quantitative estimate of drug-likeness (QED) is 0.429. The van der Waals surface area contributed by atoms with Crippen molar-refractivity contribution in [1.82, 2.24) is 10.0 Å². The van der Waals surface area contributed by atoms with Gasteiger partial charge in [-0.05, 0) is 73.9 Å². The van der Waals surface area contributed by atoms with Crippen molar-refractivity contribution in [3.8, 4) is 5.75 Å². The van der Waals surface area contributed by atoms with Gasteiger partial charge in [0, 0.05) is 17.1 Å². The second kappa shape index (κ2) is 10.2. The largest absolute Gasteiger partial charge is 0.485 e. The number of amides is 1. The average molecular weight is 529 g/mol. The van der Waals surface area contributed by atoms with Crippen LogP contribution < -0.4 is 14.8 Å². The number of benzene rings is 3. The highest BCUT2D eigenvalue weighted by molar-refractivity contribution is 7.89. The minimum absolute atomic E-state index is 0.0811. The van der Waals surface area contributed by atoms with Crippen LogP contribution in [-0.4, -0.2) is 31.1 Å². The van der Waals surface area contributed by atoms with Gasteiger partial charge in [-0.25, -0.2) is 13.1 Å². The van der Waals surface area contributed by atoms with Gasteiger partial charge in [0.25, 0.3) is 0 Å². The van der Waals surface area contributed by atoms with E-state index in [0.717, 1.165) is 11.1 Å². The summed E-state index contributed by atoms with van der Waals surface area (Å²) in [6.07, 6.45) is -1.09. The first kappa shape index (κ1) is 26.2. The SMILES string of the molecule is Cc1cccc(S(=O)(=O)NC2c3cc(CC(=O)NCc4ccc(Cl)cc4)ccc3OC(C)(C)C2O)c1. The van der Waals surface area contributed by atoms with Crippen molar-refractivity contribution in [2.75, 3.05) is 0 Å². The monoisotopic (exact) mass is 528 g/mol. The number of ether oxygens (including phenoxy) is 1. The number of aliphatic hydroxyl groups is 1. The molecule has 3 aromatic carbocycles. The summed E-state index contributed by atoms with van der Waals surface area (Å²) in [7, 11) is -3.94. The fraction of sp³-hybridized carbons (Fsp3) is 0.296. The van der Waals surface area contributed by atoms with Crippen LogP contribution in [0.4, 0.5) is 0 Å². The number of hydrogen-bond donors (Lipinski definition) is 3. The van der Waals surface area contributed by atoms with Gasteiger partial charge in [-0.15, -0.1) is 0 Å². The molecule has 0 aromatic heterocycles. The highest BCUT2D eigenvalue weighted by Crippen LogP contribution is 2.41. The molecule has 1 aliphatic heterocycles. The van der Waals surface area contributed by atoms with Crippen LogP contribution in [0.2, 0.25) is 5.02 Å². The number of sulfonamides is 1. The molecule has 190 valence electrons. The first-order valence-corrected chi connectivity index (χ1v) is 13.4. The van der Waals surface area contributed by atoms with Crippen LogP contribution in [0.1, 0.15) is 42.1 Å². The number of rotatable bonds is 7. The highest BCUT2D eigenvalue weighted by atomic mass is 35.5. The second-order valence-electron chi connectivity index (χ2n) is 9.52. The molecule has 36 heavy (non-hydrogen) atoms. The van der Waals surface area contributed by atoms with Crippen molar-refractivity contribution < 1.29 is 23.1 Å². The summed E-state index contributed by atoms with van der Waals surface area (Å²) in [5, 5.41) is 14.6. The lowest BCUT2D eigenvalue weighted by atomic mass is 9.86. The third kappa shape index (κ3) is 5.90. The molecule has 0 spiro atoms. The molecule has 0 fully saturated rings. The summed E-state index contributed by atoms with van der Waals surface area (Å²) >= 11 is 5.90. The summed E-state index contributed by atoms with van der Waals surface area (Å²) < 4.78 is 35.0. The maximum atomic E-state index is 13.2.